The van der Waals surface area contributed by atoms with Crippen LogP contribution in [0.4, 0.5) is 11.6 Å². The Balaban J connectivity index is 1.88. The van der Waals surface area contributed by atoms with Gasteiger partial charge in [0.05, 0.1) is 0 Å². The Morgan fingerprint density at radius 2 is 1.87 bits per heavy atom. The molecule has 0 bridgehead atoms. The van der Waals surface area contributed by atoms with Crippen LogP contribution in [-0.4, -0.2) is 33.9 Å². The fourth-order valence-corrected chi connectivity index (χ4v) is 2.82. The quantitative estimate of drug-likeness (QED) is 0.944. The summed E-state index contributed by atoms with van der Waals surface area (Å²) < 4.78 is 0. The number of likely N-dealkylation sites (tertiary alicyclic amines) is 1. The number of amides is 1. The molecule has 1 aliphatic heterocycles. The number of rotatable bonds is 3. The molecule has 1 N–H and O–H groups in total. The van der Waals surface area contributed by atoms with E-state index in [0.717, 1.165) is 42.9 Å². The Bertz CT molecular complexity index is 736. The van der Waals surface area contributed by atoms with Gasteiger partial charge in [0.2, 0.25) is 5.95 Å². The molecule has 1 fully saturated rings. The van der Waals surface area contributed by atoms with Gasteiger partial charge in [-0.3, -0.25) is 4.79 Å². The van der Waals surface area contributed by atoms with Gasteiger partial charge in [0.15, 0.2) is 0 Å². The molecule has 1 saturated heterocycles. The van der Waals surface area contributed by atoms with Crippen molar-refractivity contribution in [1.29, 1.82) is 0 Å². The van der Waals surface area contributed by atoms with Crippen molar-refractivity contribution in [2.45, 2.75) is 33.6 Å². The van der Waals surface area contributed by atoms with Gasteiger partial charge in [0.1, 0.15) is 5.69 Å². The molecule has 5 heteroatoms. The summed E-state index contributed by atoms with van der Waals surface area (Å²) in [6, 6.07) is 7.82. The summed E-state index contributed by atoms with van der Waals surface area (Å²) >= 11 is 0. The van der Waals surface area contributed by atoms with E-state index in [0.29, 0.717) is 11.6 Å². The molecule has 5 nitrogen and oxygen atoms in total. The van der Waals surface area contributed by atoms with E-state index in [4.69, 9.17) is 0 Å². The van der Waals surface area contributed by atoms with Crippen LogP contribution in [0.15, 0.2) is 24.3 Å². The van der Waals surface area contributed by atoms with Gasteiger partial charge in [-0.25, -0.2) is 9.97 Å². The number of aromatic nitrogens is 2. The van der Waals surface area contributed by atoms with Gasteiger partial charge in [0, 0.05) is 24.5 Å². The van der Waals surface area contributed by atoms with Gasteiger partial charge in [-0.15, -0.1) is 0 Å². The average molecular weight is 310 g/mol. The third-order valence-electron chi connectivity index (χ3n) is 4.32. The van der Waals surface area contributed by atoms with E-state index in [1.165, 1.54) is 5.56 Å². The molecular weight excluding hydrogens is 288 g/mol. The second-order valence-electron chi connectivity index (χ2n) is 6.09. The highest BCUT2D eigenvalue weighted by Gasteiger charge is 2.21. The van der Waals surface area contributed by atoms with Gasteiger partial charge >= 0.3 is 0 Å². The van der Waals surface area contributed by atoms with E-state index in [-0.39, 0.29) is 5.91 Å². The number of anilines is 2. The van der Waals surface area contributed by atoms with Crippen LogP contribution in [0.2, 0.25) is 0 Å². The van der Waals surface area contributed by atoms with Crippen LogP contribution in [-0.2, 0) is 0 Å². The molecule has 0 unspecified atom stereocenters. The fraction of sp³-hybridized carbons (Fsp3) is 0.389. The normalized spacial score (nSPS) is 14.1. The molecule has 0 radical (unpaired) electrons. The minimum absolute atomic E-state index is 0.00276. The number of carbonyl (C=O) groups is 1. The summed E-state index contributed by atoms with van der Waals surface area (Å²) in [7, 11) is 0. The third-order valence-corrected chi connectivity index (χ3v) is 4.32. The Hall–Kier alpha value is -2.43. The monoisotopic (exact) mass is 310 g/mol. The van der Waals surface area contributed by atoms with Crippen LogP contribution in [0, 0.1) is 20.8 Å². The molecule has 1 aromatic heterocycles. The lowest BCUT2D eigenvalue weighted by Gasteiger charge is -2.16. The van der Waals surface area contributed by atoms with Crippen molar-refractivity contribution in [3.05, 3.63) is 46.8 Å². The van der Waals surface area contributed by atoms with Gasteiger partial charge in [0.25, 0.3) is 5.91 Å². The molecule has 1 aliphatic rings. The maximum absolute atomic E-state index is 12.5. The molecule has 1 aromatic carbocycles. The number of nitrogens with zero attached hydrogens (tertiary/aromatic N) is 3. The van der Waals surface area contributed by atoms with Crippen molar-refractivity contribution in [2.75, 3.05) is 18.4 Å². The summed E-state index contributed by atoms with van der Waals surface area (Å²) in [5.41, 5.74) is 4.58. The number of benzene rings is 1. The number of nitrogens with one attached hydrogen (secondary N) is 1. The van der Waals surface area contributed by atoms with Crippen LogP contribution < -0.4 is 5.32 Å². The van der Waals surface area contributed by atoms with Gasteiger partial charge in [-0.1, -0.05) is 12.1 Å². The minimum Gasteiger partial charge on any atom is -0.337 e. The Morgan fingerprint density at radius 3 is 2.61 bits per heavy atom. The van der Waals surface area contributed by atoms with Crippen LogP contribution in [0.5, 0.6) is 0 Å². The Labute approximate surface area is 136 Å². The van der Waals surface area contributed by atoms with Crippen LogP contribution in [0.3, 0.4) is 0 Å². The van der Waals surface area contributed by atoms with Crippen molar-refractivity contribution in [3.63, 3.8) is 0 Å². The zero-order valence-electron chi connectivity index (χ0n) is 13.9. The highest BCUT2D eigenvalue weighted by atomic mass is 16.2. The molecule has 0 atom stereocenters. The average Bonchev–Trinajstić information content (AvgIpc) is 3.05. The van der Waals surface area contributed by atoms with E-state index in [1.54, 1.807) is 6.07 Å². The number of hydrogen-bond donors (Lipinski definition) is 1. The third kappa shape index (κ3) is 3.33. The molecule has 3 rings (SSSR count). The van der Waals surface area contributed by atoms with Crippen LogP contribution in [0.1, 0.15) is 40.2 Å². The summed E-state index contributed by atoms with van der Waals surface area (Å²) in [4.78, 5) is 23.2. The number of aryl methyl sites for hydroxylation is 2. The first-order valence-electron chi connectivity index (χ1n) is 8.03. The summed E-state index contributed by atoms with van der Waals surface area (Å²) in [6.07, 6.45) is 2.15. The maximum Gasteiger partial charge on any atom is 0.272 e. The first-order valence-corrected chi connectivity index (χ1v) is 8.03. The standard InChI is InChI=1S/C18H22N4O/c1-12-7-6-8-15(14(12)3)20-18-19-13(2)11-16(21-18)17(23)22-9-4-5-10-22/h6-8,11H,4-5,9-10H2,1-3H3,(H,19,20,21). The molecular formula is C18H22N4O. The topological polar surface area (TPSA) is 58.1 Å². The van der Waals surface area contributed by atoms with E-state index in [1.807, 2.05) is 24.0 Å². The van der Waals surface area contributed by atoms with Crippen molar-refractivity contribution >= 4 is 17.5 Å². The largest absolute Gasteiger partial charge is 0.337 e. The van der Waals surface area contributed by atoms with Crippen molar-refractivity contribution in [2.24, 2.45) is 0 Å². The lowest BCUT2D eigenvalue weighted by molar-refractivity contribution is 0.0787. The second-order valence-corrected chi connectivity index (χ2v) is 6.09. The minimum atomic E-state index is -0.00276. The smallest absolute Gasteiger partial charge is 0.272 e. The molecule has 2 aromatic rings. The maximum atomic E-state index is 12.5. The highest BCUT2D eigenvalue weighted by Crippen LogP contribution is 2.21. The van der Waals surface area contributed by atoms with Crippen LogP contribution in [0.25, 0.3) is 0 Å². The van der Waals surface area contributed by atoms with Gasteiger partial charge < -0.3 is 10.2 Å². The summed E-state index contributed by atoms with van der Waals surface area (Å²) in [5.74, 6) is 0.471. The Morgan fingerprint density at radius 1 is 1.13 bits per heavy atom. The van der Waals surface area contributed by atoms with Crippen LogP contribution >= 0.6 is 0 Å². The van der Waals surface area contributed by atoms with Gasteiger partial charge in [-0.2, -0.15) is 0 Å². The number of carbonyl (C=O) groups excluding carboxylic acids is 1. The van der Waals surface area contributed by atoms with E-state index < -0.39 is 0 Å². The predicted octanol–water partition coefficient (Wildman–Crippen LogP) is 3.38. The molecule has 1 amide bonds. The molecule has 0 spiro atoms. The first-order chi connectivity index (χ1) is 11.0. The molecule has 0 saturated carbocycles. The van der Waals surface area contributed by atoms with E-state index >= 15 is 0 Å². The van der Waals surface area contributed by atoms with Crippen molar-refractivity contribution < 1.29 is 4.79 Å². The zero-order chi connectivity index (χ0) is 16.4. The van der Waals surface area contributed by atoms with E-state index in [2.05, 4.69) is 35.2 Å². The summed E-state index contributed by atoms with van der Waals surface area (Å²) in [5, 5.41) is 3.25. The fourth-order valence-electron chi connectivity index (χ4n) is 2.82. The van der Waals surface area contributed by atoms with E-state index in [9.17, 15) is 4.79 Å². The molecule has 0 aliphatic carbocycles. The zero-order valence-corrected chi connectivity index (χ0v) is 13.9. The lowest BCUT2D eigenvalue weighted by atomic mass is 10.1. The SMILES string of the molecule is Cc1cc(C(=O)N2CCCC2)nc(Nc2cccc(C)c2C)n1. The van der Waals surface area contributed by atoms with Gasteiger partial charge in [-0.05, 0) is 56.9 Å². The Kier molecular flexibility index (Phi) is 4.28. The predicted molar refractivity (Wildman–Crippen MR) is 91.1 cm³/mol. The van der Waals surface area contributed by atoms with Crippen molar-refractivity contribution in [1.82, 2.24) is 14.9 Å². The lowest BCUT2D eigenvalue weighted by Crippen LogP contribution is -2.28. The molecule has 23 heavy (non-hydrogen) atoms. The second kappa shape index (κ2) is 6.36. The van der Waals surface area contributed by atoms with Crippen molar-refractivity contribution in [3.8, 4) is 0 Å². The number of hydrogen-bond acceptors (Lipinski definition) is 4. The molecule has 2 heterocycles. The highest BCUT2D eigenvalue weighted by molar-refractivity contribution is 5.93. The summed E-state index contributed by atoms with van der Waals surface area (Å²) in [6.45, 7) is 7.66. The molecule has 120 valence electrons. The first kappa shape index (κ1) is 15.5.